The monoisotopic (exact) mass is 291 g/mol. The number of likely N-dealkylation sites (tertiary alicyclic amines) is 1. The molecule has 2 nitrogen and oxygen atoms in total. The molecule has 1 aromatic rings. The van der Waals surface area contributed by atoms with Crippen LogP contribution in [0.25, 0.3) is 0 Å². The Morgan fingerprint density at radius 2 is 1.55 bits per heavy atom. The molecule has 0 radical (unpaired) electrons. The highest BCUT2D eigenvalue weighted by molar-refractivity contribution is 6.30. The van der Waals surface area contributed by atoms with E-state index in [1.807, 2.05) is 24.3 Å². The molecule has 3 heteroatoms. The third-order valence-electron chi connectivity index (χ3n) is 4.92. The van der Waals surface area contributed by atoms with E-state index in [0.29, 0.717) is 10.8 Å². The van der Waals surface area contributed by atoms with Gasteiger partial charge in [-0.1, -0.05) is 30.9 Å². The Kier molecular flexibility index (Phi) is 4.13. The van der Waals surface area contributed by atoms with Gasteiger partial charge in [-0.15, -0.1) is 0 Å². The van der Waals surface area contributed by atoms with Crippen molar-refractivity contribution >= 4 is 17.4 Å². The highest BCUT2D eigenvalue weighted by Crippen LogP contribution is 2.39. The molecule has 0 N–H and O–H groups in total. The van der Waals surface area contributed by atoms with Gasteiger partial charge in [0, 0.05) is 10.6 Å². The van der Waals surface area contributed by atoms with Crippen molar-refractivity contribution in [2.45, 2.75) is 50.5 Å². The van der Waals surface area contributed by atoms with Gasteiger partial charge in [0.05, 0.1) is 5.54 Å². The number of piperidine rings is 1. The molecule has 1 saturated carbocycles. The smallest absolute Gasteiger partial charge is 0.183 e. The van der Waals surface area contributed by atoms with E-state index in [1.165, 1.54) is 32.1 Å². The summed E-state index contributed by atoms with van der Waals surface area (Å²) >= 11 is 5.94. The lowest BCUT2D eigenvalue weighted by Crippen LogP contribution is -2.54. The SMILES string of the molecule is O=C(c1ccc(Cl)cc1)C1(N2CCCCC2)CCCC1. The zero-order valence-corrected chi connectivity index (χ0v) is 12.7. The maximum absolute atomic E-state index is 13.1. The Bertz CT molecular complexity index is 470. The number of hydrogen-bond donors (Lipinski definition) is 0. The Labute approximate surface area is 126 Å². The topological polar surface area (TPSA) is 20.3 Å². The zero-order chi connectivity index (χ0) is 14.0. The third kappa shape index (κ3) is 2.51. The largest absolute Gasteiger partial charge is 0.292 e. The molecule has 0 unspecified atom stereocenters. The van der Waals surface area contributed by atoms with Crippen molar-refractivity contribution in [3.63, 3.8) is 0 Å². The predicted octanol–water partition coefficient (Wildman–Crippen LogP) is 4.32. The number of Topliss-reactive ketones (excluding diaryl/α,β-unsaturated/α-hetero) is 1. The van der Waals surface area contributed by atoms with Crippen molar-refractivity contribution in [3.8, 4) is 0 Å². The fourth-order valence-corrected chi connectivity index (χ4v) is 3.96. The molecule has 0 amide bonds. The van der Waals surface area contributed by atoms with Crippen molar-refractivity contribution in [3.05, 3.63) is 34.9 Å². The molecule has 108 valence electrons. The van der Waals surface area contributed by atoms with Gasteiger partial charge in [0.2, 0.25) is 0 Å². The van der Waals surface area contributed by atoms with Crippen LogP contribution < -0.4 is 0 Å². The number of ketones is 1. The molecule has 0 spiro atoms. The van der Waals surface area contributed by atoms with Crippen LogP contribution >= 0.6 is 11.6 Å². The standard InChI is InChI=1S/C17H22ClNO/c18-15-8-6-14(7-9-15)16(20)17(10-2-3-11-17)19-12-4-1-5-13-19/h6-9H,1-5,10-13H2. The maximum Gasteiger partial charge on any atom is 0.183 e. The highest BCUT2D eigenvalue weighted by atomic mass is 35.5. The van der Waals surface area contributed by atoms with Gasteiger partial charge in [-0.2, -0.15) is 0 Å². The minimum Gasteiger partial charge on any atom is -0.292 e. The number of nitrogens with zero attached hydrogens (tertiary/aromatic N) is 1. The number of benzene rings is 1. The summed E-state index contributed by atoms with van der Waals surface area (Å²) in [5.41, 5.74) is 0.593. The first-order valence-corrected chi connectivity index (χ1v) is 8.16. The maximum atomic E-state index is 13.1. The van der Waals surface area contributed by atoms with Crippen molar-refractivity contribution in [1.82, 2.24) is 4.90 Å². The lowest BCUT2D eigenvalue weighted by atomic mass is 9.84. The number of halogens is 1. The average Bonchev–Trinajstić information content (AvgIpc) is 2.99. The molecule has 1 saturated heterocycles. The summed E-state index contributed by atoms with van der Waals surface area (Å²) in [7, 11) is 0. The van der Waals surface area contributed by atoms with Crippen molar-refractivity contribution in [1.29, 1.82) is 0 Å². The minimum atomic E-state index is -0.228. The fourth-order valence-electron chi connectivity index (χ4n) is 3.84. The van der Waals surface area contributed by atoms with Crippen LogP contribution in [0.15, 0.2) is 24.3 Å². The molecule has 0 bridgehead atoms. The zero-order valence-electron chi connectivity index (χ0n) is 11.9. The van der Waals surface area contributed by atoms with Crippen molar-refractivity contribution in [2.24, 2.45) is 0 Å². The number of hydrogen-bond acceptors (Lipinski definition) is 2. The van der Waals surface area contributed by atoms with Gasteiger partial charge in [0.25, 0.3) is 0 Å². The summed E-state index contributed by atoms with van der Waals surface area (Å²) in [5, 5.41) is 0.694. The van der Waals surface area contributed by atoms with Crippen LogP contribution in [0.1, 0.15) is 55.3 Å². The molecule has 1 aliphatic carbocycles. The molecular formula is C17H22ClNO. The van der Waals surface area contributed by atoms with Crippen LogP contribution in [-0.2, 0) is 0 Å². The van der Waals surface area contributed by atoms with Gasteiger partial charge in [0.15, 0.2) is 5.78 Å². The van der Waals surface area contributed by atoms with E-state index in [0.717, 1.165) is 31.5 Å². The second-order valence-corrected chi connectivity index (χ2v) is 6.56. The third-order valence-corrected chi connectivity index (χ3v) is 5.17. The van der Waals surface area contributed by atoms with Gasteiger partial charge in [-0.3, -0.25) is 9.69 Å². The Balaban J connectivity index is 1.89. The van der Waals surface area contributed by atoms with Gasteiger partial charge in [-0.25, -0.2) is 0 Å². The van der Waals surface area contributed by atoms with E-state index in [2.05, 4.69) is 4.90 Å². The molecular weight excluding hydrogens is 270 g/mol. The molecule has 0 atom stereocenters. The molecule has 1 aliphatic heterocycles. The first-order valence-electron chi connectivity index (χ1n) is 7.78. The van der Waals surface area contributed by atoms with Crippen LogP contribution in [0, 0.1) is 0 Å². The van der Waals surface area contributed by atoms with Crippen LogP contribution in [0.5, 0.6) is 0 Å². The lowest BCUT2D eigenvalue weighted by Gasteiger charge is -2.42. The number of rotatable bonds is 3. The second kappa shape index (κ2) is 5.87. The quantitative estimate of drug-likeness (QED) is 0.773. The molecule has 0 aromatic heterocycles. The Morgan fingerprint density at radius 1 is 0.950 bits per heavy atom. The first-order chi connectivity index (χ1) is 9.72. The predicted molar refractivity (Wildman–Crippen MR) is 82.4 cm³/mol. The minimum absolute atomic E-state index is 0.228. The molecule has 3 rings (SSSR count). The van der Waals surface area contributed by atoms with E-state index >= 15 is 0 Å². The van der Waals surface area contributed by atoms with E-state index < -0.39 is 0 Å². The first kappa shape index (κ1) is 14.1. The summed E-state index contributed by atoms with van der Waals surface area (Å²) in [6.45, 7) is 2.17. The fraction of sp³-hybridized carbons (Fsp3) is 0.588. The second-order valence-electron chi connectivity index (χ2n) is 6.12. The summed E-state index contributed by atoms with van der Waals surface area (Å²) in [6, 6.07) is 7.42. The molecule has 1 heterocycles. The van der Waals surface area contributed by atoms with Crippen LogP contribution in [-0.4, -0.2) is 29.3 Å². The molecule has 20 heavy (non-hydrogen) atoms. The van der Waals surface area contributed by atoms with Crippen LogP contribution in [0.3, 0.4) is 0 Å². The van der Waals surface area contributed by atoms with Crippen LogP contribution in [0.4, 0.5) is 0 Å². The number of carbonyl (C=O) groups excluding carboxylic acids is 1. The average molecular weight is 292 g/mol. The van der Waals surface area contributed by atoms with Gasteiger partial charge in [-0.05, 0) is 63.0 Å². The molecule has 1 aromatic carbocycles. The van der Waals surface area contributed by atoms with E-state index in [9.17, 15) is 4.79 Å². The summed E-state index contributed by atoms with van der Waals surface area (Å²) < 4.78 is 0. The summed E-state index contributed by atoms with van der Waals surface area (Å²) in [6.07, 6.45) is 8.17. The molecule has 2 fully saturated rings. The highest BCUT2D eigenvalue weighted by Gasteiger charge is 2.46. The number of carbonyl (C=O) groups is 1. The van der Waals surface area contributed by atoms with Crippen molar-refractivity contribution in [2.75, 3.05) is 13.1 Å². The molecule has 2 aliphatic rings. The Hall–Kier alpha value is -0.860. The summed E-state index contributed by atoms with van der Waals surface area (Å²) in [5.74, 6) is 0.313. The van der Waals surface area contributed by atoms with Gasteiger partial charge >= 0.3 is 0 Å². The van der Waals surface area contributed by atoms with Crippen LogP contribution in [0.2, 0.25) is 5.02 Å². The Morgan fingerprint density at radius 3 is 2.15 bits per heavy atom. The van der Waals surface area contributed by atoms with E-state index in [-0.39, 0.29) is 5.54 Å². The van der Waals surface area contributed by atoms with Gasteiger partial charge < -0.3 is 0 Å². The van der Waals surface area contributed by atoms with Crippen molar-refractivity contribution < 1.29 is 4.79 Å². The summed E-state index contributed by atoms with van der Waals surface area (Å²) in [4.78, 5) is 15.6. The lowest BCUT2D eigenvalue weighted by molar-refractivity contribution is 0.0477. The van der Waals surface area contributed by atoms with E-state index in [4.69, 9.17) is 11.6 Å². The normalized spacial score (nSPS) is 22.9. The van der Waals surface area contributed by atoms with Gasteiger partial charge in [0.1, 0.15) is 0 Å². The van der Waals surface area contributed by atoms with E-state index in [1.54, 1.807) is 0 Å².